The Labute approximate surface area is 244 Å². The third-order valence-corrected chi connectivity index (χ3v) is 8.48. The number of unbranched alkanes of at least 4 members (excludes halogenated alkanes) is 1. The average molecular weight is 565 g/mol. The lowest BCUT2D eigenvalue weighted by atomic mass is 9.96. The van der Waals surface area contributed by atoms with Crippen LogP contribution >= 0.6 is 0 Å². The Balaban J connectivity index is 1.14. The van der Waals surface area contributed by atoms with Crippen LogP contribution in [0.1, 0.15) is 50.5 Å². The van der Waals surface area contributed by atoms with Gasteiger partial charge in [0.15, 0.2) is 0 Å². The molecule has 2 aromatic rings. The highest BCUT2D eigenvalue weighted by Gasteiger charge is 2.30. The number of amides is 3. The van der Waals surface area contributed by atoms with Crippen molar-refractivity contribution in [2.75, 3.05) is 52.4 Å². The highest BCUT2D eigenvalue weighted by Crippen LogP contribution is 2.20. The van der Waals surface area contributed by atoms with Crippen LogP contribution in [0.3, 0.4) is 0 Å². The van der Waals surface area contributed by atoms with Crippen molar-refractivity contribution in [1.29, 1.82) is 0 Å². The number of nitrogens with two attached hydrogens (primary N) is 1. The third-order valence-electron chi connectivity index (χ3n) is 8.48. The Hall–Kier alpha value is -3.01. The first-order chi connectivity index (χ1) is 20.0. The summed E-state index contributed by atoms with van der Waals surface area (Å²) in [6.45, 7) is 7.74. The zero-order chi connectivity index (χ0) is 28.9. The van der Waals surface area contributed by atoms with Gasteiger partial charge in [-0.3, -0.25) is 14.4 Å². The van der Waals surface area contributed by atoms with Crippen LogP contribution in [0, 0.1) is 11.8 Å². The van der Waals surface area contributed by atoms with Crippen LogP contribution in [-0.2, 0) is 20.8 Å². The third kappa shape index (κ3) is 10.1. The number of hydrogen-bond acceptors (Lipinski definition) is 6. The van der Waals surface area contributed by atoms with Crippen molar-refractivity contribution in [1.82, 2.24) is 26.2 Å². The molecule has 2 heterocycles. The molecule has 4 rings (SSSR count). The summed E-state index contributed by atoms with van der Waals surface area (Å²) in [5, 5.41) is 15.5. The van der Waals surface area contributed by atoms with Crippen LogP contribution in [-0.4, -0.2) is 81.0 Å². The van der Waals surface area contributed by atoms with Gasteiger partial charge in [0.25, 0.3) is 0 Å². The summed E-state index contributed by atoms with van der Waals surface area (Å²) >= 11 is 0. The summed E-state index contributed by atoms with van der Waals surface area (Å²) < 4.78 is 0. The summed E-state index contributed by atoms with van der Waals surface area (Å²) in [7, 11) is 0. The molecule has 0 radical (unpaired) electrons. The van der Waals surface area contributed by atoms with Gasteiger partial charge in [-0.15, -0.1) is 0 Å². The number of primary amides is 1. The summed E-state index contributed by atoms with van der Waals surface area (Å²) in [5.74, 6) is 0.228. The second-order valence-electron chi connectivity index (χ2n) is 11.7. The van der Waals surface area contributed by atoms with Crippen molar-refractivity contribution in [2.24, 2.45) is 17.6 Å². The minimum absolute atomic E-state index is 0.131. The number of carbonyl (C=O) groups excluding carboxylic acids is 3. The molecular formula is C32H48N6O3. The van der Waals surface area contributed by atoms with Gasteiger partial charge in [-0.05, 0) is 106 Å². The van der Waals surface area contributed by atoms with Gasteiger partial charge >= 0.3 is 0 Å². The van der Waals surface area contributed by atoms with Crippen molar-refractivity contribution >= 4 is 28.5 Å². The lowest BCUT2D eigenvalue weighted by Crippen LogP contribution is -2.52. The van der Waals surface area contributed by atoms with E-state index >= 15 is 0 Å². The monoisotopic (exact) mass is 564 g/mol. The summed E-state index contributed by atoms with van der Waals surface area (Å²) in [4.78, 5) is 39.8. The number of nitrogens with one attached hydrogen (secondary N) is 4. The Kier molecular flexibility index (Phi) is 12.4. The molecule has 2 aliphatic heterocycles. The van der Waals surface area contributed by atoms with Crippen LogP contribution in [0.15, 0.2) is 42.5 Å². The molecule has 0 aromatic heterocycles. The number of rotatable bonds is 15. The topological polar surface area (TPSA) is 129 Å². The SMILES string of the molecule is NC(=O)C[C@H](NC(=O)Cc1cccc2ccccc12)C(=O)N1CCC(CNCCCCNCC2CCNCC2)CC1. The van der Waals surface area contributed by atoms with Gasteiger partial charge in [-0.25, -0.2) is 0 Å². The quantitative estimate of drug-likeness (QED) is 0.210. The molecule has 0 aliphatic carbocycles. The zero-order valence-electron chi connectivity index (χ0n) is 24.3. The Morgan fingerprint density at radius 2 is 1.51 bits per heavy atom. The molecule has 1 atom stereocenters. The van der Waals surface area contributed by atoms with Gasteiger partial charge in [-0.1, -0.05) is 42.5 Å². The maximum absolute atomic E-state index is 13.3. The van der Waals surface area contributed by atoms with Crippen molar-refractivity contribution in [2.45, 2.75) is 57.4 Å². The summed E-state index contributed by atoms with van der Waals surface area (Å²) in [5.41, 5.74) is 6.33. The largest absolute Gasteiger partial charge is 0.370 e. The molecule has 0 spiro atoms. The molecule has 6 N–H and O–H groups in total. The Bertz CT molecular complexity index is 1120. The first kappa shape index (κ1) is 30.9. The number of hydrogen-bond donors (Lipinski definition) is 5. The van der Waals surface area contributed by atoms with Crippen LogP contribution in [0.25, 0.3) is 10.8 Å². The van der Waals surface area contributed by atoms with E-state index in [1.165, 1.54) is 19.3 Å². The Morgan fingerprint density at radius 3 is 2.20 bits per heavy atom. The molecule has 0 saturated carbocycles. The number of likely N-dealkylation sites (tertiary alicyclic amines) is 1. The fourth-order valence-corrected chi connectivity index (χ4v) is 6.04. The van der Waals surface area contributed by atoms with E-state index in [0.717, 1.165) is 80.8 Å². The van der Waals surface area contributed by atoms with Crippen LogP contribution in [0.2, 0.25) is 0 Å². The van der Waals surface area contributed by atoms with Gasteiger partial charge < -0.3 is 31.9 Å². The van der Waals surface area contributed by atoms with Gasteiger partial charge in [0.1, 0.15) is 6.04 Å². The number of piperidine rings is 2. The van der Waals surface area contributed by atoms with Gasteiger partial charge in [0.2, 0.25) is 17.7 Å². The standard InChI is InChI=1S/C32H48N6O3/c33-30(39)21-29(37-31(40)20-27-8-5-7-26-6-1-2-9-28(26)27)32(41)38-18-12-25(13-19-38)23-36-15-4-3-14-35-22-24-10-16-34-17-11-24/h1-2,5-9,24-25,29,34-36H,3-4,10-23H2,(H2,33,39)(H,37,40)/t29-/m0/s1. The number of fused-ring (bicyclic) bond motifs is 1. The maximum atomic E-state index is 13.3. The predicted molar refractivity (Wildman–Crippen MR) is 163 cm³/mol. The minimum Gasteiger partial charge on any atom is -0.370 e. The fraction of sp³-hybridized carbons (Fsp3) is 0.594. The zero-order valence-corrected chi connectivity index (χ0v) is 24.3. The van der Waals surface area contributed by atoms with Gasteiger partial charge in [0, 0.05) is 13.1 Å². The normalized spacial score (nSPS) is 17.4. The smallest absolute Gasteiger partial charge is 0.245 e. The second kappa shape index (κ2) is 16.4. The molecule has 2 fully saturated rings. The first-order valence-electron chi connectivity index (χ1n) is 15.4. The highest BCUT2D eigenvalue weighted by molar-refractivity contribution is 5.94. The van der Waals surface area contributed by atoms with Crippen molar-refractivity contribution in [3.63, 3.8) is 0 Å². The van der Waals surface area contributed by atoms with E-state index in [1.807, 2.05) is 42.5 Å². The van der Waals surface area contributed by atoms with Crippen LogP contribution < -0.4 is 27.0 Å². The number of nitrogens with zero attached hydrogens (tertiary/aromatic N) is 1. The van der Waals surface area contributed by atoms with Gasteiger partial charge in [0.05, 0.1) is 12.8 Å². The second-order valence-corrected chi connectivity index (χ2v) is 11.7. The van der Waals surface area contributed by atoms with Crippen LogP contribution in [0.4, 0.5) is 0 Å². The number of benzene rings is 2. The van der Waals surface area contributed by atoms with E-state index < -0.39 is 11.9 Å². The molecule has 3 amide bonds. The fourth-order valence-electron chi connectivity index (χ4n) is 6.04. The molecule has 2 aliphatic rings. The maximum Gasteiger partial charge on any atom is 0.245 e. The molecule has 0 bridgehead atoms. The predicted octanol–water partition coefficient (Wildman–Crippen LogP) is 1.94. The molecule has 224 valence electrons. The molecule has 0 unspecified atom stereocenters. The molecule has 41 heavy (non-hydrogen) atoms. The molecular weight excluding hydrogens is 516 g/mol. The van der Waals surface area contributed by atoms with Crippen LogP contribution in [0.5, 0.6) is 0 Å². The van der Waals surface area contributed by atoms with E-state index in [9.17, 15) is 14.4 Å². The highest BCUT2D eigenvalue weighted by atomic mass is 16.2. The lowest BCUT2D eigenvalue weighted by molar-refractivity contribution is -0.139. The summed E-state index contributed by atoms with van der Waals surface area (Å²) in [6, 6.07) is 12.8. The van der Waals surface area contributed by atoms with E-state index in [0.29, 0.717) is 19.0 Å². The molecule has 2 saturated heterocycles. The Morgan fingerprint density at radius 1 is 0.878 bits per heavy atom. The van der Waals surface area contributed by atoms with Gasteiger partial charge in [-0.2, -0.15) is 0 Å². The average Bonchev–Trinajstić information content (AvgIpc) is 2.98. The van der Waals surface area contributed by atoms with E-state index in [1.54, 1.807) is 4.90 Å². The number of carbonyl (C=O) groups is 3. The van der Waals surface area contributed by atoms with E-state index in [4.69, 9.17) is 5.73 Å². The first-order valence-corrected chi connectivity index (χ1v) is 15.4. The molecule has 9 heteroatoms. The molecule has 2 aromatic carbocycles. The lowest BCUT2D eigenvalue weighted by Gasteiger charge is -2.34. The minimum atomic E-state index is -0.937. The molecule has 9 nitrogen and oxygen atoms in total. The van der Waals surface area contributed by atoms with Crippen molar-refractivity contribution in [3.8, 4) is 0 Å². The van der Waals surface area contributed by atoms with E-state index in [2.05, 4.69) is 21.3 Å². The van der Waals surface area contributed by atoms with Crippen molar-refractivity contribution < 1.29 is 14.4 Å². The summed E-state index contributed by atoms with van der Waals surface area (Å²) in [6.07, 6.45) is 6.65. The van der Waals surface area contributed by atoms with E-state index in [-0.39, 0.29) is 24.7 Å². The van der Waals surface area contributed by atoms with Crippen molar-refractivity contribution in [3.05, 3.63) is 48.0 Å².